The van der Waals surface area contributed by atoms with Crippen LogP contribution in [0.5, 0.6) is 11.5 Å². The van der Waals surface area contributed by atoms with Crippen molar-refractivity contribution < 1.29 is 10.2 Å². The molecule has 0 unspecified atom stereocenters. The molecule has 3 nitrogen and oxygen atoms in total. The second-order valence-electron chi connectivity index (χ2n) is 3.80. The molecule has 0 aromatic heterocycles. The molecule has 3 N–H and O–H groups in total. The summed E-state index contributed by atoms with van der Waals surface area (Å²) in [5.74, 6) is -0.153. The van der Waals surface area contributed by atoms with Crippen LogP contribution in [0.25, 0.3) is 10.8 Å². The van der Waals surface area contributed by atoms with Crippen molar-refractivity contribution in [2.24, 2.45) is 0 Å². The van der Waals surface area contributed by atoms with Gasteiger partial charge in [-0.1, -0.05) is 19.1 Å². The number of halogens is 1. The maximum Gasteiger partial charge on any atom is 0.158 e. The number of rotatable bonds is 3. The molecule has 0 saturated heterocycles. The maximum atomic E-state index is 9.42. The van der Waals surface area contributed by atoms with E-state index in [1.165, 1.54) is 5.56 Å². The van der Waals surface area contributed by atoms with Crippen molar-refractivity contribution >= 4 is 23.2 Å². The Morgan fingerprint density at radius 3 is 2.29 bits per heavy atom. The average Bonchev–Trinajstić information content (AvgIpc) is 2.28. The van der Waals surface area contributed by atoms with E-state index in [4.69, 9.17) is 0 Å². The Morgan fingerprint density at radius 1 is 1.00 bits per heavy atom. The third-order valence-electron chi connectivity index (χ3n) is 2.58. The molecular weight excluding hydrogens is 238 g/mol. The van der Waals surface area contributed by atoms with E-state index in [2.05, 4.69) is 12.2 Å². The lowest BCUT2D eigenvalue weighted by Crippen LogP contribution is -2.11. The van der Waals surface area contributed by atoms with Crippen molar-refractivity contribution in [1.82, 2.24) is 5.32 Å². The van der Waals surface area contributed by atoms with Gasteiger partial charge in [0.25, 0.3) is 0 Å². The van der Waals surface area contributed by atoms with Gasteiger partial charge < -0.3 is 15.5 Å². The highest BCUT2D eigenvalue weighted by atomic mass is 35.5. The quantitative estimate of drug-likeness (QED) is 0.738. The summed E-state index contributed by atoms with van der Waals surface area (Å²) in [6, 6.07) is 9.13. The first-order chi connectivity index (χ1) is 7.70. The number of fused-ring (bicyclic) bond motifs is 1. The summed E-state index contributed by atoms with van der Waals surface area (Å²) in [6.45, 7) is 3.80. The molecule has 0 bridgehead atoms. The van der Waals surface area contributed by atoms with Gasteiger partial charge in [0.05, 0.1) is 0 Å². The van der Waals surface area contributed by atoms with Gasteiger partial charge in [-0.3, -0.25) is 0 Å². The summed E-state index contributed by atoms with van der Waals surface area (Å²) in [5, 5.41) is 23.9. The molecule has 0 saturated carbocycles. The molecule has 0 amide bonds. The monoisotopic (exact) mass is 253 g/mol. The summed E-state index contributed by atoms with van der Waals surface area (Å²) in [6.07, 6.45) is 0. The van der Waals surface area contributed by atoms with Gasteiger partial charge in [0, 0.05) is 6.54 Å². The van der Waals surface area contributed by atoms with Crippen molar-refractivity contribution in [2.75, 3.05) is 6.54 Å². The summed E-state index contributed by atoms with van der Waals surface area (Å²) >= 11 is 0. The van der Waals surface area contributed by atoms with Crippen LogP contribution in [-0.2, 0) is 6.54 Å². The van der Waals surface area contributed by atoms with Crippen molar-refractivity contribution in [3.05, 3.63) is 35.9 Å². The van der Waals surface area contributed by atoms with Crippen LogP contribution in [0.1, 0.15) is 12.5 Å². The zero-order valence-corrected chi connectivity index (χ0v) is 10.4. The molecule has 0 aliphatic carbocycles. The minimum absolute atomic E-state index is 0. The number of aromatic hydroxyl groups is 2. The van der Waals surface area contributed by atoms with E-state index in [9.17, 15) is 10.2 Å². The molecule has 2 aromatic rings. The zero-order valence-electron chi connectivity index (χ0n) is 9.60. The summed E-state index contributed by atoms with van der Waals surface area (Å²) in [7, 11) is 0. The van der Waals surface area contributed by atoms with Crippen molar-refractivity contribution in [3.63, 3.8) is 0 Å². The van der Waals surface area contributed by atoms with Crippen LogP contribution in [0.2, 0.25) is 0 Å². The number of phenolic OH excluding ortho intramolecular Hbond substituents is 2. The summed E-state index contributed by atoms with van der Waals surface area (Å²) in [4.78, 5) is 0. The third kappa shape index (κ3) is 3.02. The van der Waals surface area contributed by atoms with Gasteiger partial charge in [-0.05, 0) is 41.1 Å². The minimum Gasteiger partial charge on any atom is -0.504 e. The second kappa shape index (κ2) is 5.75. The van der Waals surface area contributed by atoms with E-state index in [0.717, 1.165) is 23.9 Å². The van der Waals surface area contributed by atoms with Crippen LogP contribution < -0.4 is 5.32 Å². The molecule has 0 heterocycles. The lowest BCUT2D eigenvalue weighted by molar-refractivity contribution is 0.405. The molecule has 0 radical (unpaired) electrons. The molecule has 0 aliphatic heterocycles. The SMILES string of the molecule is CCNCc1ccc2cc(O)c(O)cc2c1.Cl. The van der Waals surface area contributed by atoms with E-state index in [1.54, 1.807) is 12.1 Å². The smallest absolute Gasteiger partial charge is 0.158 e. The van der Waals surface area contributed by atoms with Crippen LogP contribution in [0.3, 0.4) is 0 Å². The normalized spacial score (nSPS) is 10.2. The van der Waals surface area contributed by atoms with Gasteiger partial charge >= 0.3 is 0 Å². The Labute approximate surface area is 106 Å². The first kappa shape index (κ1) is 13.6. The predicted octanol–water partition coefficient (Wildman–Crippen LogP) is 2.78. The van der Waals surface area contributed by atoms with Crippen molar-refractivity contribution in [1.29, 1.82) is 0 Å². The number of hydrogen-bond acceptors (Lipinski definition) is 3. The fraction of sp³-hybridized carbons (Fsp3) is 0.231. The van der Waals surface area contributed by atoms with E-state index in [-0.39, 0.29) is 23.9 Å². The number of hydrogen-bond donors (Lipinski definition) is 3. The molecule has 2 rings (SSSR count). The second-order valence-corrected chi connectivity index (χ2v) is 3.80. The molecule has 92 valence electrons. The molecule has 0 fully saturated rings. The average molecular weight is 254 g/mol. The zero-order chi connectivity index (χ0) is 11.5. The molecule has 17 heavy (non-hydrogen) atoms. The predicted molar refractivity (Wildman–Crippen MR) is 71.9 cm³/mol. The standard InChI is InChI=1S/C13H15NO2.ClH/c1-2-14-8-9-3-4-10-6-12(15)13(16)7-11(10)5-9;/h3-7,14-16H,2,8H2,1H3;1H. The number of benzene rings is 2. The van der Waals surface area contributed by atoms with Gasteiger partial charge in [0.1, 0.15) is 0 Å². The van der Waals surface area contributed by atoms with Crippen LogP contribution in [0.4, 0.5) is 0 Å². The Hall–Kier alpha value is -1.45. The van der Waals surface area contributed by atoms with E-state index < -0.39 is 0 Å². The lowest BCUT2D eigenvalue weighted by atomic mass is 10.1. The summed E-state index contributed by atoms with van der Waals surface area (Å²) in [5.41, 5.74) is 1.17. The van der Waals surface area contributed by atoms with Gasteiger partial charge in [-0.2, -0.15) is 0 Å². The van der Waals surface area contributed by atoms with Crippen LogP contribution >= 0.6 is 12.4 Å². The maximum absolute atomic E-state index is 9.42. The first-order valence-electron chi connectivity index (χ1n) is 5.36. The van der Waals surface area contributed by atoms with Gasteiger partial charge in [0.15, 0.2) is 11.5 Å². The fourth-order valence-corrected chi connectivity index (χ4v) is 1.70. The summed E-state index contributed by atoms with van der Waals surface area (Å²) < 4.78 is 0. The van der Waals surface area contributed by atoms with Gasteiger partial charge in [0.2, 0.25) is 0 Å². The van der Waals surface area contributed by atoms with Crippen LogP contribution in [0, 0.1) is 0 Å². The molecular formula is C13H16ClNO2. The van der Waals surface area contributed by atoms with E-state index in [0.29, 0.717) is 0 Å². The van der Waals surface area contributed by atoms with Crippen molar-refractivity contribution in [3.8, 4) is 11.5 Å². The Balaban J connectivity index is 0.00000144. The van der Waals surface area contributed by atoms with Crippen molar-refractivity contribution in [2.45, 2.75) is 13.5 Å². The number of nitrogens with one attached hydrogen (secondary N) is 1. The highest BCUT2D eigenvalue weighted by Crippen LogP contribution is 2.30. The molecule has 0 atom stereocenters. The van der Waals surface area contributed by atoms with E-state index >= 15 is 0 Å². The third-order valence-corrected chi connectivity index (χ3v) is 2.58. The molecule has 2 aromatic carbocycles. The topological polar surface area (TPSA) is 52.5 Å². The Kier molecular flexibility index (Phi) is 4.61. The molecule has 4 heteroatoms. The highest BCUT2D eigenvalue weighted by molar-refractivity contribution is 5.86. The Bertz CT molecular complexity index is 514. The van der Waals surface area contributed by atoms with E-state index in [1.807, 2.05) is 18.2 Å². The van der Waals surface area contributed by atoms with Gasteiger partial charge in [-0.25, -0.2) is 0 Å². The fourth-order valence-electron chi connectivity index (χ4n) is 1.70. The first-order valence-corrected chi connectivity index (χ1v) is 5.36. The molecule has 0 spiro atoms. The lowest BCUT2D eigenvalue weighted by Gasteiger charge is -2.05. The minimum atomic E-state index is -0.0769. The largest absolute Gasteiger partial charge is 0.504 e. The number of phenols is 2. The highest BCUT2D eigenvalue weighted by Gasteiger charge is 2.02. The van der Waals surface area contributed by atoms with Gasteiger partial charge in [-0.15, -0.1) is 12.4 Å². The van der Waals surface area contributed by atoms with Crippen LogP contribution in [-0.4, -0.2) is 16.8 Å². The Morgan fingerprint density at radius 2 is 1.65 bits per heavy atom. The molecule has 0 aliphatic rings. The van der Waals surface area contributed by atoms with Crippen LogP contribution in [0.15, 0.2) is 30.3 Å².